The van der Waals surface area contributed by atoms with E-state index < -0.39 is 10.8 Å². The zero-order valence-electron chi connectivity index (χ0n) is 8.00. The summed E-state index contributed by atoms with van der Waals surface area (Å²) in [5, 5.41) is 3.66. The molecule has 0 radical (unpaired) electrons. The SMILES string of the molecule is CS(=O)CCCNc1ccnc(Cl)c1. The van der Waals surface area contributed by atoms with Gasteiger partial charge in [-0.15, -0.1) is 0 Å². The molecule has 0 aliphatic carbocycles. The van der Waals surface area contributed by atoms with Gasteiger partial charge in [0.15, 0.2) is 0 Å². The van der Waals surface area contributed by atoms with Crippen LogP contribution >= 0.6 is 11.6 Å². The Kier molecular flexibility index (Phi) is 4.90. The summed E-state index contributed by atoms with van der Waals surface area (Å²) in [4.78, 5) is 3.87. The maximum absolute atomic E-state index is 10.8. The highest BCUT2D eigenvalue weighted by Crippen LogP contribution is 2.11. The molecule has 1 rings (SSSR count). The van der Waals surface area contributed by atoms with E-state index in [0.717, 1.165) is 24.4 Å². The third-order valence-corrected chi connectivity index (χ3v) is 2.73. The van der Waals surface area contributed by atoms with Gasteiger partial charge < -0.3 is 5.32 Å². The number of hydrogen-bond acceptors (Lipinski definition) is 3. The van der Waals surface area contributed by atoms with Crippen LogP contribution in [0.25, 0.3) is 0 Å². The fourth-order valence-corrected chi connectivity index (χ4v) is 1.75. The normalized spacial score (nSPS) is 12.4. The molecule has 1 heterocycles. The van der Waals surface area contributed by atoms with Crippen molar-refractivity contribution in [3.63, 3.8) is 0 Å². The lowest BCUT2D eigenvalue weighted by Gasteiger charge is -2.04. The van der Waals surface area contributed by atoms with Gasteiger partial charge in [0, 0.05) is 41.2 Å². The minimum atomic E-state index is -0.706. The molecule has 0 saturated heterocycles. The molecule has 0 bridgehead atoms. The molecule has 1 aromatic heterocycles. The molecule has 0 amide bonds. The van der Waals surface area contributed by atoms with Gasteiger partial charge in [0.05, 0.1) is 0 Å². The lowest BCUT2D eigenvalue weighted by Crippen LogP contribution is -2.05. The highest BCUT2D eigenvalue weighted by atomic mass is 35.5. The van der Waals surface area contributed by atoms with Crippen molar-refractivity contribution in [3.8, 4) is 0 Å². The third-order valence-electron chi connectivity index (χ3n) is 1.66. The van der Waals surface area contributed by atoms with Crippen molar-refractivity contribution in [1.82, 2.24) is 4.98 Å². The van der Waals surface area contributed by atoms with Crippen molar-refractivity contribution in [2.45, 2.75) is 6.42 Å². The van der Waals surface area contributed by atoms with Gasteiger partial charge in [-0.05, 0) is 18.6 Å². The average Bonchev–Trinajstić information content (AvgIpc) is 2.12. The van der Waals surface area contributed by atoms with Gasteiger partial charge in [-0.1, -0.05) is 11.6 Å². The standard InChI is InChI=1S/C9H13ClN2OS/c1-14(13)6-2-4-11-8-3-5-12-9(10)7-8/h3,5,7H,2,4,6H2,1H3,(H,11,12). The summed E-state index contributed by atoms with van der Waals surface area (Å²) in [6, 6.07) is 3.62. The van der Waals surface area contributed by atoms with Crippen LogP contribution in [0.2, 0.25) is 5.15 Å². The van der Waals surface area contributed by atoms with Crippen LogP contribution < -0.4 is 5.32 Å². The molecule has 0 fully saturated rings. The van der Waals surface area contributed by atoms with Crippen LogP contribution in [0.15, 0.2) is 18.3 Å². The van der Waals surface area contributed by atoms with Gasteiger partial charge in [-0.2, -0.15) is 0 Å². The maximum atomic E-state index is 10.8. The van der Waals surface area contributed by atoms with E-state index in [4.69, 9.17) is 11.6 Å². The largest absolute Gasteiger partial charge is 0.385 e. The smallest absolute Gasteiger partial charge is 0.131 e. The van der Waals surface area contributed by atoms with Crippen molar-refractivity contribution >= 4 is 28.1 Å². The molecule has 0 spiro atoms. The molecule has 0 saturated carbocycles. The summed E-state index contributed by atoms with van der Waals surface area (Å²) in [5.41, 5.74) is 0.951. The van der Waals surface area contributed by atoms with E-state index in [2.05, 4.69) is 10.3 Å². The van der Waals surface area contributed by atoms with Gasteiger partial charge in [-0.3, -0.25) is 4.21 Å². The van der Waals surface area contributed by atoms with Gasteiger partial charge in [0.2, 0.25) is 0 Å². The Bertz CT molecular complexity index is 319. The third kappa shape index (κ3) is 4.58. The summed E-state index contributed by atoms with van der Waals surface area (Å²) in [6.45, 7) is 0.805. The van der Waals surface area contributed by atoms with Crippen LogP contribution in [0.3, 0.4) is 0 Å². The van der Waals surface area contributed by atoms with Crippen LogP contribution in [-0.2, 0) is 10.8 Å². The number of rotatable bonds is 5. The van der Waals surface area contributed by atoms with Crippen molar-refractivity contribution < 1.29 is 4.21 Å². The number of hydrogen-bond donors (Lipinski definition) is 1. The van der Waals surface area contributed by atoms with Crippen molar-refractivity contribution in [2.75, 3.05) is 23.9 Å². The molecule has 0 aromatic carbocycles. The fourth-order valence-electron chi connectivity index (χ4n) is 1.02. The monoisotopic (exact) mass is 232 g/mol. The van der Waals surface area contributed by atoms with E-state index in [9.17, 15) is 4.21 Å². The van der Waals surface area contributed by atoms with Crippen LogP contribution in [0.5, 0.6) is 0 Å². The Balaban J connectivity index is 2.28. The van der Waals surface area contributed by atoms with Gasteiger partial charge in [0.1, 0.15) is 5.15 Å². The number of halogens is 1. The predicted molar refractivity (Wildman–Crippen MR) is 61.3 cm³/mol. The van der Waals surface area contributed by atoms with Crippen LogP contribution in [0.1, 0.15) is 6.42 Å². The number of anilines is 1. The summed E-state index contributed by atoms with van der Waals surface area (Å²) < 4.78 is 10.8. The second-order valence-corrected chi connectivity index (χ2v) is 4.87. The molecule has 1 N–H and O–H groups in total. The minimum absolute atomic E-state index is 0.481. The Morgan fingerprint density at radius 1 is 1.64 bits per heavy atom. The molecular formula is C9H13ClN2OS. The number of nitrogens with one attached hydrogen (secondary N) is 1. The quantitative estimate of drug-likeness (QED) is 0.623. The molecule has 0 aliphatic rings. The van der Waals surface area contributed by atoms with Crippen molar-refractivity contribution in [1.29, 1.82) is 0 Å². The Morgan fingerprint density at radius 3 is 3.07 bits per heavy atom. The van der Waals surface area contributed by atoms with Crippen LogP contribution in [0, 0.1) is 0 Å². The first-order chi connectivity index (χ1) is 6.68. The second-order valence-electron chi connectivity index (χ2n) is 2.92. The number of nitrogens with zero attached hydrogens (tertiary/aromatic N) is 1. The molecule has 14 heavy (non-hydrogen) atoms. The van der Waals surface area contributed by atoms with Crippen molar-refractivity contribution in [2.24, 2.45) is 0 Å². The highest BCUT2D eigenvalue weighted by Gasteiger charge is 1.94. The average molecular weight is 233 g/mol. The summed E-state index contributed by atoms with van der Waals surface area (Å²) in [7, 11) is -0.706. The summed E-state index contributed by atoms with van der Waals surface area (Å²) in [5.74, 6) is 0.728. The number of aromatic nitrogens is 1. The van der Waals surface area contributed by atoms with E-state index in [1.54, 1.807) is 18.5 Å². The predicted octanol–water partition coefficient (Wildman–Crippen LogP) is 1.92. The van der Waals surface area contributed by atoms with E-state index in [1.807, 2.05) is 6.07 Å². The molecule has 1 aromatic rings. The van der Waals surface area contributed by atoms with E-state index in [-0.39, 0.29) is 0 Å². The number of pyridine rings is 1. The maximum Gasteiger partial charge on any atom is 0.131 e. The molecule has 3 nitrogen and oxygen atoms in total. The highest BCUT2D eigenvalue weighted by molar-refractivity contribution is 7.84. The topological polar surface area (TPSA) is 42.0 Å². The summed E-state index contributed by atoms with van der Waals surface area (Å²) >= 11 is 5.71. The molecule has 1 atom stereocenters. The second kappa shape index (κ2) is 5.98. The van der Waals surface area contributed by atoms with E-state index in [0.29, 0.717) is 5.15 Å². The molecule has 78 valence electrons. The fraction of sp³-hybridized carbons (Fsp3) is 0.444. The van der Waals surface area contributed by atoms with Crippen LogP contribution in [-0.4, -0.2) is 27.7 Å². The summed E-state index contributed by atoms with van der Waals surface area (Å²) in [6.07, 6.45) is 4.26. The van der Waals surface area contributed by atoms with E-state index >= 15 is 0 Å². The zero-order valence-corrected chi connectivity index (χ0v) is 9.57. The Morgan fingerprint density at radius 2 is 2.43 bits per heavy atom. The first-order valence-corrected chi connectivity index (χ1v) is 6.44. The molecule has 5 heteroatoms. The zero-order chi connectivity index (χ0) is 10.4. The van der Waals surface area contributed by atoms with Gasteiger partial charge in [0.25, 0.3) is 0 Å². The molecule has 1 unspecified atom stereocenters. The first kappa shape index (κ1) is 11.5. The molecular weight excluding hydrogens is 220 g/mol. The van der Waals surface area contributed by atoms with Crippen LogP contribution in [0.4, 0.5) is 5.69 Å². The molecule has 0 aliphatic heterocycles. The lowest BCUT2D eigenvalue weighted by atomic mass is 10.4. The van der Waals surface area contributed by atoms with Crippen molar-refractivity contribution in [3.05, 3.63) is 23.5 Å². The van der Waals surface area contributed by atoms with Gasteiger partial charge in [-0.25, -0.2) is 4.98 Å². The Hall–Kier alpha value is -0.610. The van der Waals surface area contributed by atoms with Gasteiger partial charge >= 0.3 is 0 Å². The lowest BCUT2D eigenvalue weighted by molar-refractivity contribution is 0.685. The first-order valence-electron chi connectivity index (χ1n) is 4.34. The minimum Gasteiger partial charge on any atom is -0.385 e. The Labute approximate surface area is 91.3 Å². The van der Waals surface area contributed by atoms with E-state index in [1.165, 1.54) is 0 Å².